The molecule has 40 heavy (non-hydrogen) atoms. The first-order valence-electron chi connectivity index (χ1n) is 13.4. The molecule has 1 saturated heterocycles. The van der Waals surface area contributed by atoms with E-state index in [9.17, 15) is 5.11 Å². The van der Waals surface area contributed by atoms with Gasteiger partial charge in [0.1, 0.15) is 24.4 Å². The second-order valence-corrected chi connectivity index (χ2v) is 10.6. The van der Waals surface area contributed by atoms with Gasteiger partial charge in [-0.1, -0.05) is 103 Å². The normalized spacial score (nSPS) is 22.6. The summed E-state index contributed by atoms with van der Waals surface area (Å²) in [7, 11) is 0. The highest BCUT2D eigenvalue weighted by atomic mass is 79.9. The lowest BCUT2D eigenvalue weighted by atomic mass is 9.95. The molecule has 0 unspecified atom stereocenters. The summed E-state index contributed by atoms with van der Waals surface area (Å²) >= 11 is 3.61. The molecule has 2 N–H and O–H groups in total. The molecule has 0 aromatic heterocycles. The fraction of sp³-hybridized carbons (Fsp3) is 0.273. The number of rotatable bonds is 12. The standard InChI is InChI=1S/C33H34BrNO5/c34-27-18-10-11-19-28(27)35-30-32(39-22-26-16-8-3-9-17-26)31(38-21-25-14-6-2-7-15-25)29(40-33(30)36)23-37-20-24-12-4-1-5-13-24/h1-19,29-33,35-36H,20-23H2/t29-,30-,31-,32-,33-/m1/s1. The number of halogens is 1. The largest absolute Gasteiger partial charge is 0.374 e. The Labute approximate surface area is 244 Å². The predicted molar refractivity (Wildman–Crippen MR) is 159 cm³/mol. The van der Waals surface area contributed by atoms with Gasteiger partial charge in [0.05, 0.1) is 26.4 Å². The van der Waals surface area contributed by atoms with Crippen molar-refractivity contribution in [3.63, 3.8) is 0 Å². The van der Waals surface area contributed by atoms with Crippen LogP contribution in [0.25, 0.3) is 0 Å². The smallest absolute Gasteiger partial charge is 0.178 e. The van der Waals surface area contributed by atoms with Crippen molar-refractivity contribution in [2.45, 2.75) is 50.5 Å². The van der Waals surface area contributed by atoms with Gasteiger partial charge < -0.3 is 29.4 Å². The van der Waals surface area contributed by atoms with Crippen LogP contribution in [0.1, 0.15) is 16.7 Å². The summed E-state index contributed by atoms with van der Waals surface area (Å²) in [6, 6.07) is 37.1. The second kappa shape index (κ2) is 14.6. The third kappa shape index (κ3) is 7.79. The molecular weight excluding hydrogens is 570 g/mol. The zero-order chi connectivity index (χ0) is 27.6. The monoisotopic (exact) mass is 603 g/mol. The zero-order valence-electron chi connectivity index (χ0n) is 22.1. The van der Waals surface area contributed by atoms with Crippen LogP contribution in [0, 0.1) is 0 Å². The molecule has 208 valence electrons. The summed E-state index contributed by atoms with van der Waals surface area (Å²) < 4.78 is 26.2. The van der Waals surface area contributed by atoms with Crippen molar-refractivity contribution in [2.75, 3.05) is 11.9 Å². The van der Waals surface area contributed by atoms with Gasteiger partial charge in [0, 0.05) is 10.2 Å². The summed E-state index contributed by atoms with van der Waals surface area (Å²) in [4.78, 5) is 0. The third-order valence-electron chi connectivity index (χ3n) is 6.83. The molecule has 0 saturated carbocycles. The maximum atomic E-state index is 11.3. The van der Waals surface area contributed by atoms with Gasteiger partial charge in [-0.3, -0.25) is 0 Å². The molecule has 0 radical (unpaired) electrons. The minimum absolute atomic E-state index is 0.234. The van der Waals surface area contributed by atoms with E-state index in [4.69, 9.17) is 18.9 Å². The molecule has 6 nitrogen and oxygen atoms in total. The van der Waals surface area contributed by atoms with Crippen LogP contribution in [0.5, 0.6) is 0 Å². The highest BCUT2D eigenvalue weighted by Gasteiger charge is 2.47. The summed E-state index contributed by atoms with van der Waals surface area (Å²) in [5.41, 5.74) is 3.95. The number of para-hydroxylation sites is 1. The summed E-state index contributed by atoms with van der Waals surface area (Å²) in [5.74, 6) is 0. The minimum Gasteiger partial charge on any atom is -0.374 e. The topological polar surface area (TPSA) is 69.2 Å². The van der Waals surface area contributed by atoms with Gasteiger partial charge in [-0.05, 0) is 44.8 Å². The van der Waals surface area contributed by atoms with E-state index in [0.29, 0.717) is 19.8 Å². The van der Waals surface area contributed by atoms with Gasteiger partial charge >= 0.3 is 0 Å². The molecular formula is C33H34BrNO5. The van der Waals surface area contributed by atoms with E-state index >= 15 is 0 Å². The Kier molecular flexibility index (Phi) is 10.4. The van der Waals surface area contributed by atoms with Gasteiger partial charge in [-0.2, -0.15) is 0 Å². The molecule has 1 fully saturated rings. The molecule has 4 aromatic carbocycles. The van der Waals surface area contributed by atoms with Crippen LogP contribution in [-0.2, 0) is 38.8 Å². The Morgan fingerprint density at radius 1 is 0.650 bits per heavy atom. The highest BCUT2D eigenvalue weighted by molar-refractivity contribution is 9.10. The van der Waals surface area contributed by atoms with E-state index in [1.54, 1.807) is 0 Å². The maximum Gasteiger partial charge on any atom is 0.178 e. The van der Waals surface area contributed by atoms with Crippen LogP contribution >= 0.6 is 15.9 Å². The van der Waals surface area contributed by atoms with Crippen molar-refractivity contribution >= 4 is 21.6 Å². The Bertz CT molecular complexity index is 1290. The Morgan fingerprint density at radius 2 is 1.15 bits per heavy atom. The van der Waals surface area contributed by atoms with Crippen molar-refractivity contribution in [3.8, 4) is 0 Å². The lowest BCUT2D eigenvalue weighted by Gasteiger charge is -2.45. The lowest BCUT2D eigenvalue weighted by molar-refractivity contribution is -0.270. The van der Waals surface area contributed by atoms with E-state index in [1.807, 2.05) is 115 Å². The van der Waals surface area contributed by atoms with Crippen molar-refractivity contribution < 1.29 is 24.1 Å². The molecule has 4 aromatic rings. The summed E-state index contributed by atoms with van der Waals surface area (Å²) in [6.45, 7) is 1.39. The van der Waals surface area contributed by atoms with Crippen molar-refractivity contribution in [1.82, 2.24) is 0 Å². The number of anilines is 1. The molecule has 0 bridgehead atoms. The summed E-state index contributed by atoms with van der Waals surface area (Å²) in [5, 5.41) is 14.7. The van der Waals surface area contributed by atoms with E-state index in [1.165, 1.54) is 0 Å². The fourth-order valence-electron chi connectivity index (χ4n) is 4.77. The number of hydrogen-bond donors (Lipinski definition) is 2. The first-order chi connectivity index (χ1) is 19.7. The van der Waals surface area contributed by atoms with Gasteiger partial charge in [0.25, 0.3) is 0 Å². The molecule has 5 atom stereocenters. The lowest BCUT2D eigenvalue weighted by Crippen LogP contribution is -2.62. The van der Waals surface area contributed by atoms with E-state index in [2.05, 4.69) is 21.2 Å². The van der Waals surface area contributed by atoms with Gasteiger partial charge in [-0.15, -0.1) is 0 Å². The molecule has 1 aliphatic rings. The Hall–Kier alpha value is -3.04. The number of ether oxygens (including phenoxy) is 4. The van der Waals surface area contributed by atoms with Gasteiger partial charge in [-0.25, -0.2) is 0 Å². The maximum absolute atomic E-state index is 11.3. The first kappa shape index (κ1) is 28.5. The summed E-state index contributed by atoms with van der Waals surface area (Å²) in [6.07, 6.45) is -2.79. The molecule has 7 heteroatoms. The van der Waals surface area contributed by atoms with E-state index < -0.39 is 30.6 Å². The van der Waals surface area contributed by atoms with Crippen LogP contribution < -0.4 is 5.32 Å². The highest BCUT2D eigenvalue weighted by Crippen LogP contribution is 2.31. The molecule has 1 heterocycles. The second-order valence-electron chi connectivity index (χ2n) is 9.74. The van der Waals surface area contributed by atoms with Crippen LogP contribution in [-0.4, -0.2) is 42.4 Å². The average Bonchev–Trinajstić information content (AvgIpc) is 2.99. The van der Waals surface area contributed by atoms with Crippen molar-refractivity contribution in [1.29, 1.82) is 0 Å². The van der Waals surface area contributed by atoms with Crippen molar-refractivity contribution in [2.24, 2.45) is 0 Å². The predicted octanol–water partition coefficient (Wildman–Crippen LogP) is 6.33. The number of aliphatic hydroxyl groups is 1. The van der Waals surface area contributed by atoms with Crippen LogP contribution in [0.4, 0.5) is 5.69 Å². The first-order valence-corrected chi connectivity index (χ1v) is 14.2. The van der Waals surface area contributed by atoms with Gasteiger partial charge in [0.2, 0.25) is 0 Å². The van der Waals surface area contributed by atoms with Crippen molar-refractivity contribution in [3.05, 3.63) is 136 Å². The van der Waals surface area contributed by atoms with Gasteiger partial charge in [0.15, 0.2) is 6.29 Å². The Balaban J connectivity index is 1.40. The molecule has 0 spiro atoms. The van der Waals surface area contributed by atoms with Crippen LogP contribution in [0.15, 0.2) is 120 Å². The van der Waals surface area contributed by atoms with E-state index in [-0.39, 0.29) is 6.61 Å². The molecule has 0 amide bonds. The molecule has 5 rings (SSSR count). The number of aliphatic hydroxyl groups excluding tert-OH is 1. The van der Waals surface area contributed by atoms with Crippen LogP contribution in [0.3, 0.4) is 0 Å². The quantitative estimate of drug-likeness (QED) is 0.197. The van der Waals surface area contributed by atoms with Crippen LogP contribution in [0.2, 0.25) is 0 Å². The number of nitrogens with one attached hydrogen (secondary N) is 1. The fourth-order valence-corrected chi connectivity index (χ4v) is 5.17. The Morgan fingerprint density at radius 3 is 1.73 bits per heavy atom. The minimum atomic E-state index is -1.16. The molecule has 0 aliphatic carbocycles. The van der Waals surface area contributed by atoms with E-state index in [0.717, 1.165) is 26.9 Å². The number of benzene rings is 4. The average molecular weight is 605 g/mol. The third-order valence-corrected chi connectivity index (χ3v) is 7.52. The number of hydrogen-bond acceptors (Lipinski definition) is 6. The SMILES string of the molecule is O[C@@H]1O[C@H](COCc2ccccc2)[C@@H](OCc2ccccc2)[C@H](OCc2ccccc2)[C@H]1Nc1ccccc1Br. The zero-order valence-corrected chi connectivity index (χ0v) is 23.7. The molecule has 1 aliphatic heterocycles.